The Balaban J connectivity index is 1.67. The Morgan fingerprint density at radius 3 is 2.13 bits per heavy atom. The van der Waals surface area contributed by atoms with Crippen LogP contribution in [0.15, 0.2) is 88.3 Å². The number of hydrogen-bond acceptors (Lipinski definition) is 4. The van der Waals surface area contributed by atoms with Gasteiger partial charge in [-0.05, 0) is 36.4 Å². The van der Waals surface area contributed by atoms with Crippen molar-refractivity contribution in [1.82, 2.24) is 9.97 Å². The number of rotatable bonds is 3. The molecule has 5 rings (SSSR count). The first-order valence-corrected chi connectivity index (χ1v) is 10.6. The van der Waals surface area contributed by atoms with Crippen molar-refractivity contribution in [3.63, 3.8) is 0 Å². The largest absolute Gasteiger partial charge is 0.320 e. The van der Waals surface area contributed by atoms with E-state index in [0.29, 0.717) is 22.1 Å². The molecule has 0 fully saturated rings. The molecule has 0 saturated carbocycles. The Bertz CT molecular complexity index is 1270. The van der Waals surface area contributed by atoms with Gasteiger partial charge in [-0.1, -0.05) is 70.0 Å². The van der Waals surface area contributed by atoms with E-state index in [1.807, 2.05) is 78.9 Å². The predicted octanol–water partition coefficient (Wildman–Crippen LogP) is 6.30. The first kappa shape index (κ1) is 19.6. The molecule has 0 radical (unpaired) electrons. The summed E-state index contributed by atoms with van der Waals surface area (Å²) in [5.74, 6) is -0.0564. The lowest BCUT2D eigenvalue weighted by Crippen LogP contribution is -2.14. The molecule has 2 heterocycles. The van der Waals surface area contributed by atoms with Crippen LogP contribution in [0.25, 0.3) is 22.5 Å². The highest BCUT2D eigenvalue weighted by molar-refractivity contribution is 9.10. The van der Waals surface area contributed by atoms with Crippen molar-refractivity contribution in [3.8, 4) is 22.5 Å². The van der Waals surface area contributed by atoms with Gasteiger partial charge in [0.1, 0.15) is 5.71 Å². The lowest BCUT2D eigenvalue weighted by Gasteiger charge is -2.08. The predicted molar refractivity (Wildman–Crippen MR) is 127 cm³/mol. The molecule has 0 bridgehead atoms. The summed E-state index contributed by atoms with van der Waals surface area (Å²) in [6, 6.07) is 24.6. The normalized spacial score (nSPS) is 13.9. The molecule has 7 heteroatoms. The van der Waals surface area contributed by atoms with Crippen LogP contribution in [-0.2, 0) is 4.79 Å². The van der Waals surface area contributed by atoms with Gasteiger partial charge in [-0.15, -0.1) is 0 Å². The number of halogens is 2. The van der Waals surface area contributed by atoms with Crippen molar-refractivity contribution in [1.29, 1.82) is 0 Å². The van der Waals surface area contributed by atoms with Crippen LogP contribution in [0.2, 0.25) is 5.02 Å². The van der Waals surface area contributed by atoms with Gasteiger partial charge >= 0.3 is 0 Å². The number of carbonyl (C=O) groups is 1. The standard InChI is InChI=1S/C24H14BrClN4O/c25-16-9-5-14(6-10-16)20-13-21(15-7-11-17(26)12-8-15)29-24(28-20)30-22-18-3-1-2-4-19(18)27-23(22)31/h1-13H,(H,27,28,29,30,31). The second kappa shape index (κ2) is 8.06. The number of para-hydroxylation sites is 1. The van der Waals surface area contributed by atoms with Crippen LogP contribution in [-0.4, -0.2) is 21.6 Å². The molecule has 5 nitrogen and oxygen atoms in total. The van der Waals surface area contributed by atoms with Gasteiger partial charge in [0.15, 0.2) is 0 Å². The van der Waals surface area contributed by atoms with Crippen LogP contribution in [0, 0.1) is 0 Å². The lowest BCUT2D eigenvalue weighted by atomic mass is 10.1. The van der Waals surface area contributed by atoms with Gasteiger partial charge in [0.2, 0.25) is 0 Å². The number of benzene rings is 3. The fourth-order valence-corrected chi connectivity index (χ4v) is 3.73. The Hall–Kier alpha value is -3.35. The monoisotopic (exact) mass is 488 g/mol. The van der Waals surface area contributed by atoms with Crippen LogP contribution in [0.3, 0.4) is 0 Å². The fourth-order valence-electron chi connectivity index (χ4n) is 3.34. The number of fused-ring (bicyclic) bond motifs is 1. The van der Waals surface area contributed by atoms with Gasteiger partial charge in [0.25, 0.3) is 11.9 Å². The molecule has 1 aliphatic heterocycles. The Labute approximate surface area is 192 Å². The summed E-state index contributed by atoms with van der Waals surface area (Å²) in [5, 5.41) is 3.47. The number of amides is 1. The highest BCUT2D eigenvalue weighted by Crippen LogP contribution is 2.29. The van der Waals surface area contributed by atoms with Crippen molar-refractivity contribution in [3.05, 3.63) is 93.9 Å². The van der Waals surface area contributed by atoms with Crippen LogP contribution < -0.4 is 5.32 Å². The quantitative estimate of drug-likeness (QED) is 0.367. The van der Waals surface area contributed by atoms with Gasteiger partial charge < -0.3 is 5.32 Å². The number of hydrogen-bond donors (Lipinski definition) is 1. The first-order valence-electron chi connectivity index (χ1n) is 9.47. The second-order valence-electron chi connectivity index (χ2n) is 6.91. The van der Waals surface area contributed by atoms with E-state index in [2.05, 4.69) is 36.2 Å². The molecule has 1 aliphatic rings. The molecule has 0 spiro atoms. The zero-order valence-corrected chi connectivity index (χ0v) is 18.4. The lowest BCUT2D eigenvalue weighted by molar-refractivity contribution is -0.110. The third-order valence-corrected chi connectivity index (χ3v) is 5.63. The van der Waals surface area contributed by atoms with Gasteiger partial charge in [0, 0.05) is 26.2 Å². The number of anilines is 1. The number of aromatic nitrogens is 2. The van der Waals surface area contributed by atoms with E-state index in [0.717, 1.165) is 26.9 Å². The number of nitrogens with zero attached hydrogens (tertiary/aromatic N) is 3. The van der Waals surface area contributed by atoms with Gasteiger partial charge in [-0.3, -0.25) is 4.79 Å². The Morgan fingerprint density at radius 1 is 0.839 bits per heavy atom. The molecule has 1 aromatic heterocycles. The minimum atomic E-state index is -0.271. The van der Waals surface area contributed by atoms with Crippen molar-refractivity contribution in [2.45, 2.75) is 0 Å². The van der Waals surface area contributed by atoms with Gasteiger partial charge in [-0.2, -0.15) is 0 Å². The number of nitrogens with one attached hydrogen (secondary N) is 1. The van der Waals surface area contributed by atoms with Crippen molar-refractivity contribution < 1.29 is 4.79 Å². The molecule has 1 N–H and O–H groups in total. The van der Waals surface area contributed by atoms with Crippen molar-refractivity contribution in [2.75, 3.05) is 5.32 Å². The third kappa shape index (κ3) is 4.00. The maximum absolute atomic E-state index is 12.5. The molecule has 0 atom stereocenters. The van der Waals surface area contributed by atoms with E-state index < -0.39 is 0 Å². The van der Waals surface area contributed by atoms with Crippen LogP contribution >= 0.6 is 27.5 Å². The molecule has 0 aliphatic carbocycles. The van der Waals surface area contributed by atoms with E-state index in [9.17, 15) is 4.79 Å². The van der Waals surface area contributed by atoms with E-state index in [1.54, 1.807) is 0 Å². The zero-order valence-electron chi connectivity index (χ0n) is 16.0. The summed E-state index contributed by atoms with van der Waals surface area (Å²) in [6.07, 6.45) is 0. The summed E-state index contributed by atoms with van der Waals surface area (Å²) < 4.78 is 0.975. The molecule has 31 heavy (non-hydrogen) atoms. The molecule has 1 amide bonds. The average Bonchev–Trinajstić information content (AvgIpc) is 3.09. The zero-order chi connectivity index (χ0) is 21.4. The smallest absolute Gasteiger partial charge is 0.275 e. The summed E-state index contributed by atoms with van der Waals surface area (Å²) in [4.78, 5) is 26.3. The molecule has 0 unspecified atom stereocenters. The average molecular weight is 490 g/mol. The first-order chi connectivity index (χ1) is 15.1. The summed E-state index contributed by atoms with van der Waals surface area (Å²) in [7, 11) is 0. The molecular formula is C24H14BrClN4O. The van der Waals surface area contributed by atoms with Gasteiger partial charge in [-0.25, -0.2) is 15.0 Å². The van der Waals surface area contributed by atoms with Crippen molar-refractivity contribution >= 4 is 50.8 Å². The van der Waals surface area contributed by atoms with Crippen LogP contribution in [0.5, 0.6) is 0 Å². The summed E-state index contributed by atoms with van der Waals surface area (Å²) in [6.45, 7) is 0. The molecule has 4 aromatic rings. The molecule has 3 aromatic carbocycles. The Kier molecular flexibility index (Phi) is 5.10. The van der Waals surface area contributed by atoms with E-state index in [1.165, 1.54) is 0 Å². The number of carbonyl (C=O) groups excluding carboxylic acids is 1. The molecular weight excluding hydrogens is 476 g/mol. The van der Waals surface area contributed by atoms with E-state index in [4.69, 9.17) is 11.6 Å². The van der Waals surface area contributed by atoms with E-state index in [-0.39, 0.29) is 11.9 Å². The highest BCUT2D eigenvalue weighted by Gasteiger charge is 2.26. The minimum absolute atomic E-state index is 0.215. The fraction of sp³-hybridized carbons (Fsp3) is 0. The third-order valence-electron chi connectivity index (χ3n) is 4.85. The second-order valence-corrected chi connectivity index (χ2v) is 8.26. The van der Waals surface area contributed by atoms with Crippen LogP contribution in [0.4, 0.5) is 11.6 Å². The SMILES string of the molecule is O=C1Nc2ccccc2/C1=N/c1nc(-c2ccc(Cl)cc2)cc(-c2ccc(Br)cc2)n1. The maximum Gasteiger partial charge on any atom is 0.275 e. The summed E-state index contributed by atoms with van der Waals surface area (Å²) >= 11 is 9.51. The topological polar surface area (TPSA) is 67.2 Å². The van der Waals surface area contributed by atoms with E-state index >= 15 is 0 Å². The van der Waals surface area contributed by atoms with Gasteiger partial charge in [0.05, 0.1) is 17.1 Å². The Morgan fingerprint density at radius 2 is 1.45 bits per heavy atom. The molecule has 0 saturated heterocycles. The number of aliphatic imine (C=N–C) groups is 1. The highest BCUT2D eigenvalue weighted by atomic mass is 79.9. The van der Waals surface area contributed by atoms with Crippen LogP contribution in [0.1, 0.15) is 5.56 Å². The van der Waals surface area contributed by atoms with Crippen molar-refractivity contribution in [2.24, 2.45) is 4.99 Å². The molecule has 150 valence electrons. The minimum Gasteiger partial charge on any atom is -0.320 e. The maximum atomic E-state index is 12.5. The summed E-state index contributed by atoms with van der Waals surface area (Å²) in [5.41, 5.74) is 4.95.